The lowest BCUT2D eigenvalue weighted by Crippen LogP contribution is -2.46. The number of carboxylic acid groups (broad SMARTS) is 1. The van der Waals surface area contributed by atoms with Crippen molar-refractivity contribution in [2.45, 2.75) is 39.3 Å². The highest BCUT2D eigenvalue weighted by Crippen LogP contribution is 2.39. The fourth-order valence-corrected chi connectivity index (χ4v) is 2.85. The van der Waals surface area contributed by atoms with E-state index in [4.69, 9.17) is 5.73 Å². The van der Waals surface area contributed by atoms with Gasteiger partial charge in [0.1, 0.15) is 0 Å². The fourth-order valence-electron chi connectivity index (χ4n) is 2.85. The van der Waals surface area contributed by atoms with Gasteiger partial charge in [-0.15, -0.1) is 0 Å². The van der Waals surface area contributed by atoms with Crippen LogP contribution >= 0.6 is 0 Å². The minimum atomic E-state index is -0.863. The Bertz CT molecular complexity index is 449. The van der Waals surface area contributed by atoms with Crippen molar-refractivity contribution in [1.29, 1.82) is 0 Å². The summed E-state index contributed by atoms with van der Waals surface area (Å²) in [6, 6.07) is -0.0345. The first-order valence-electron chi connectivity index (χ1n) is 6.10. The van der Waals surface area contributed by atoms with Crippen molar-refractivity contribution < 1.29 is 9.90 Å². The Labute approximate surface area is 106 Å². The smallest absolute Gasteiger partial charge is 0.407 e. The first-order valence-corrected chi connectivity index (χ1v) is 6.10. The summed E-state index contributed by atoms with van der Waals surface area (Å²) in [6.07, 6.45) is 3.28. The molecule has 0 saturated carbocycles. The van der Waals surface area contributed by atoms with Crippen LogP contribution in [0.1, 0.15) is 33.2 Å². The van der Waals surface area contributed by atoms with E-state index in [0.29, 0.717) is 12.2 Å². The maximum Gasteiger partial charge on any atom is 0.407 e. The lowest BCUT2D eigenvalue weighted by molar-refractivity contribution is 0.0906. The lowest BCUT2D eigenvalue weighted by atomic mass is 9.83. The molecule has 0 aliphatic carbocycles. The number of hydrogen-bond donors (Lipinski definition) is 2. The molecule has 2 heterocycles. The highest BCUT2D eigenvalue weighted by atomic mass is 16.4. The van der Waals surface area contributed by atoms with Crippen LogP contribution in [0.3, 0.4) is 0 Å². The zero-order valence-corrected chi connectivity index (χ0v) is 11.0. The monoisotopic (exact) mass is 252 g/mol. The predicted molar refractivity (Wildman–Crippen MR) is 68.3 cm³/mol. The lowest BCUT2D eigenvalue weighted by Gasteiger charge is -2.36. The second kappa shape index (κ2) is 4.19. The summed E-state index contributed by atoms with van der Waals surface area (Å²) in [5, 5.41) is 13.5. The molecule has 0 spiro atoms. The topological polar surface area (TPSA) is 84.4 Å². The maximum absolute atomic E-state index is 11.3. The van der Waals surface area contributed by atoms with Gasteiger partial charge in [-0.25, -0.2) is 4.79 Å². The Morgan fingerprint density at radius 1 is 1.56 bits per heavy atom. The van der Waals surface area contributed by atoms with E-state index in [1.165, 1.54) is 4.90 Å². The number of nitrogens with two attached hydrogens (primary N) is 1. The Kier molecular flexibility index (Phi) is 2.96. The van der Waals surface area contributed by atoms with Crippen LogP contribution < -0.4 is 5.73 Å². The van der Waals surface area contributed by atoms with Gasteiger partial charge in [-0.2, -0.15) is 5.10 Å². The second-order valence-electron chi connectivity index (χ2n) is 5.90. The van der Waals surface area contributed by atoms with Crippen molar-refractivity contribution in [3.8, 4) is 0 Å². The minimum absolute atomic E-state index is 0.0541. The van der Waals surface area contributed by atoms with Crippen molar-refractivity contribution >= 4 is 11.8 Å². The summed E-state index contributed by atoms with van der Waals surface area (Å²) in [4.78, 5) is 12.8. The molecule has 2 rings (SSSR count). The SMILES string of the molecule is CC(C)(C)C1[C@@H](n2cc(N)cn2)CCN1C(=O)O. The molecule has 1 aliphatic heterocycles. The molecule has 0 bridgehead atoms. The highest BCUT2D eigenvalue weighted by molar-refractivity contribution is 5.66. The highest BCUT2D eigenvalue weighted by Gasteiger charge is 2.45. The van der Waals surface area contributed by atoms with Crippen LogP contribution in [0.25, 0.3) is 0 Å². The molecule has 2 atom stereocenters. The second-order valence-corrected chi connectivity index (χ2v) is 5.90. The third kappa shape index (κ3) is 2.14. The van der Waals surface area contributed by atoms with Crippen LogP contribution in [0.2, 0.25) is 0 Å². The summed E-state index contributed by atoms with van der Waals surface area (Å²) < 4.78 is 1.80. The van der Waals surface area contributed by atoms with Gasteiger partial charge in [0.25, 0.3) is 0 Å². The molecule has 1 aliphatic rings. The first-order chi connectivity index (χ1) is 8.30. The van der Waals surface area contributed by atoms with E-state index in [1.54, 1.807) is 17.1 Å². The van der Waals surface area contributed by atoms with E-state index < -0.39 is 6.09 Å². The van der Waals surface area contributed by atoms with Crippen LogP contribution in [-0.4, -0.2) is 38.5 Å². The average molecular weight is 252 g/mol. The first kappa shape index (κ1) is 12.7. The van der Waals surface area contributed by atoms with Gasteiger partial charge >= 0.3 is 6.09 Å². The molecule has 6 heteroatoms. The van der Waals surface area contributed by atoms with Crippen molar-refractivity contribution in [2.75, 3.05) is 12.3 Å². The zero-order valence-electron chi connectivity index (χ0n) is 11.0. The number of aromatic nitrogens is 2. The molecule has 3 N–H and O–H groups in total. The van der Waals surface area contributed by atoms with E-state index in [1.807, 2.05) is 0 Å². The van der Waals surface area contributed by atoms with E-state index in [0.717, 1.165) is 6.42 Å². The van der Waals surface area contributed by atoms with Gasteiger partial charge in [0.2, 0.25) is 0 Å². The molecule has 6 nitrogen and oxygen atoms in total. The summed E-state index contributed by atoms with van der Waals surface area (Å²) in [5.41, 5.74) is 6.15. The number of likely N-dealkylation sites (tertiary alicyclic amines) is 1. The van der Waals surface area contributed by atoms with Crippen molar-refractivity contribution in [3.05, 3.63) is 12.4 Å². The van der Waals surface area contributed by atoms with Crippen LogP contribution in [0, 0.1) is 5.41 Å². The molecule has 1 fully saturated rings. The number of rotatable bonds is 1. The van der Waals surface area contributed by atoms with E-state index in [9.17, 15) is 9.90 Å². The molecule has 100 valence electrons. The van der Waals surface area contributed by atoms with Gasteiger partial charge in [-0.1, -0.05) is 20.8 Å². The molecule has 0 aromatic carbocycles. The number of hydrogen-bond acceptors (Lipinski definition) is 3. The summed E-state index contributed by atoms with van der Waals surface area (Å²) in [6.45, 7) is 6.71. The van der Waals surface area contributed by atoms with E-state index in [2.05, 4.69) is 25.9 Å². The van der Waals surface area contributed by atoms with Crippen molar-refractivity contribution in [2.24, 2.45) is 5.41 Å². The summed E-state index contributed by atoms with van der Waals surface area (Å²) in [5.74, 6) is 0. The molecule has 1 aromatic heterocycles. The standard InChI is InChI=1S/C12H20N4O2/c1-12(2,3)10-9(4-5-15(10)11(17)18)16-7-8(13)6-14-16/h6-7,9-10H,4-5,13H2,1-3H3,(H,17,18)/t9-,10?/m0/s1. The number of amides is 1. The van der Waals surface area contributed by atoms with E-state index in [-0.39, 0.29) is 17.5 Å². The van der Waals surface area contributed by atoms with Gasteiger partial charge in [0, 0.05) is 12.7 Å². The number of nitrogens with zero attached hydrogens (tertiary/aromatic N) is 3. The summed E-state index contributed by atoms with van der Waals surface area (Å²) >= 11 is 0. The maximum atomic E-state index is 11.3. The van der Waals surface area contributed by atoms with E-state index >= 15 is 0 Å². The molecule has 1 saturated heterocycles. The van der Waals surface area contributed by atoms with Gasteiger partial charge in [0.05, 0.1) is 24.0 Å². The van der Waals surface area contributed by atoms with Crippen molar-refractivity contribution in [1.82, 2.24) is 14.7 Å². The molecule has 0 radical (unpaired) electrons. The Balaban J connectivity index is 2.33. The normalized spacial score (nSPS) is 24.5. The van der Waals surface area contributed by atoms with Gasteiger partial charge in [0.15, 0.2) is 0 Å². The number of anilines is 1. The zero-order chi connectivity index (χ0) is 13.5. The van der Waals surface area contributed by atoms with Crippen molar-refractivity contribution in [3.63, 3.8) is 0 Å². The number of nitrogen functional groups attached to an aromatic ring is 1. The summed E-state index contributed by atoms with van der Waals surface area (Å²) in [7, 11) is 0. The Morgan fingerprint density at radius 2 is 2.22 bits per heavy atom. The Hall–Kier alpha value is -1.72. The predicted octanol–water partition coefficient (Wildman–Crippen LogP) is 1.80. The molecule has 1 unspecified atom stereocenters. The molecule has 1 amide bonds. The average Bonchev–Trinajstić information content (AvgIpc) is 2.80. The molecule has 1 aromatic rings. The van der Waals surface area contributed by atoms with Crippen LogP contribution in [-0.2, 0) is 0 Å². The third-order valence-corrected chi connectivity index (χ3v) is 3.46. The number of carbonyl (C=O) groups is 1. The van der Waals surface area contributed by atoms with Crippen LogP contribution in [0.4, 0.5) is 10.5 Å². The Morgan fingerprint density at radius 3 is 2.67 bits per heavy atom. The molecular formula is C12H20N4O2. The van der Waals surface area contributed by atoms with Gasteiger partial charge in [-0.05, 0) is 11.8 Å². The van der Waals surface area contributed by atoms with Crippen LogP contribution in [0.5, 0.6) is 0 Å². The van der Waals surface area contributed by atoms with Crippen LogP contribution in [0.15, 0.2) is 12.4 Å². The van der Waals surface area contributed by atoms with Gasteiger partial charge in [-0.3, -0.25) is 4.68 Å². The third-order valence-electron chi connectivity index (χ3n) is 3.46. The largest absolute Gasteiger partial charge is 0.465 e. The minimum Gasteiger partial charge on any atom is -0.465 e. The molecular weight excluding hydrogens is 232 g/mol. The van der Waals surface area contributed by atoms with Gasteiger partial charge < -0.3 is 15.7 Å². The fraction of sp³-hybridized carbons (Fsp3) is 0.667. The molecule has 18 heavy (non-hydrogen) atoms. The quantitative estimate of drug-likeness (QED) is 0.798.